The summed E-state index contributed by atoms with van der Waals surface area (Å²) >= 11 is 0. The quantitative estimate of drug-likeness (QED) is 0.509. The first-order chi connectivity index (χ1) is 6.65. The molecule has 0 N–H and O–H groups in total. The zero-order chi connectivity index (χ0) is 10.6. The van der Waals surface area contributed by atoms with Crippen LogP contribution in [0.5, 0.6) is 0 Å². The summed E-state index contributed by atoms with van der Waals surface area (Å²) in [5.74, 6) is -0.307. The fourth-order valence-corrected chi connectivity index (χ4v) is 2.02. The van der Waals surface area contributed by atoms with Crippen LogP contribution in [0.3, 0.4) is 0 Å². The number of carbonyl (C=O) groups is 1. The van der Waals surface area contributed by atoms with Gasteiger partial charge >= 0.3 is 5.97 Å². The Labute approximate surface area is 84.5 Å². The van der Waals surface area contributed by atoms with Crippen molar-refractivity contribution in [3.8, 4) is 0 Å². The maximum Gasteiger partial charge on any atom is 0.305 e. The Morgan fingerprint density at radius 2 is 2.00 bits per heavy atom. The van der Waals surface area contributed by atoms with E-state index >= 15 is 0 Å². The van der Waals surface area contributed by atoms with Gasteiger partial charge in [0.15, 0.2) is 5.79 Å². The molecule has 14 heavy (non-hydrogen) atoms. The number of esters is 1. The lowest BCUT2D eigenvalue weighted by Crippen LogP contribution is -2.30. The molecule has 0 spiro atoms. The zero-order valence-electron chi connectivity index (χ0n) is 9.04. The molecule has 0 radical (unpaired) electrons. The first-order valence-corrected chi connectivity index (χ1v) is 4.83. The molecule has 0 bridgehead atoms. The minimum absolute atomic E-state index is 0.155. The summed E-state index contributed by atoms with van der Waals surface area (Å²) in [5.41, 5.74) is 0. The molecule has 0 aromatic carbocycles. The molecule has 1 atom stereocenters. The van der Waals surface area contributed by atoms with Gasteiger partial charge in [-0.1, -0.05) is 0 Å². The largest absolute Gasteiger partial charge is 0.469 e. The van der Waals surface area contributed by atoms with Crippen molar-refractivity contribution in [3.05, 3.63) is 0 Å². The normalized spacial score (nSPS) is 24.9. The molecule has 0 amide bonds. The van der Waals surface area contributed by atoms with E-state index in [2.05, 4.69) is 4.74 Å². The Morgan fingerprint density at radius 1 is 1.36 bits per heavy atom. The zero-order valence-corrected chi connectivity index (χ0v) is 9.04. The van der Waals surface area contributed by atoms with E-state index in [0.29, 0.717) is 12.3 Å². The predicted molar refractivity (Wildman–Crippen MR) is 50.7 cm³/mol. The summed E-state index contributed by atoms with van der Waals surface area (Å²) in [5, 5.41) is 0. The molecule has 1 unspecified atom stereocenters. The van der Waals surface area contributed by atoms with Crippen LogP contribution in [0.1, 0.15) is 25.7 Å². The summed E-state index contributed by atoms with van der Waals surface area (Å²) in [4.78, 5) is 11.1. The highest BCUT2D eigenvalue weighted by molar-refractivity contribution is 5.69. The van der Waals surface area contributed by atoms with Gasteiger partial charge in [0.05, 0.1) is 7.11 Å². The molecule has 0 heterocycles. The van der Waals surface area contributed by atoms with Crippen molar-refractivity contribution in [1.29, 1.82) is 0 Å². The molecule has 1 fully saturated rings. The van der Waals surface area contributed by atoms with E-state index in [4.69, 9.17) is 9.47 Å². The van der Waals surface area contributed by atoms with Crippen molar-refractivity contribution in [2.24, 2.45) is 5.92 Å². The Morgan fingerprint density at radius 3 is 2.43 bits per heavy atom. The Bertz CT molecular complexity index is 198. The van der Waals surface area contributed by atoms with Crippen molar-refractivity contribution in [1.82, 2.24) is 0 Å². The standard InChI is InChI=1S/C10H18O4/c1-12-9(11)6-8-4-5-10(7-8,13-2)14-3/h8H,4-7H2,1-3H3. The summed E-state index contributed by atoms with van der Waals surface area (Å²) in [6.07, 6.45) is 3.04. The summed E-state index contributed by atoms with van der Waals surface area (Å²) < 4.78 is 15.3. The lowest BCUT2D eigenvalue weighted by molar-refractivity contribution is -0.202. The van der Waals surface area contributed by atoms with E-state index in [1.807, 2.05) is 0 Å². The second-order valence-corrected chi connectivity index (χ2v) is 3.71. The van der Waals surface area contributed by atoms with E-state index in [-0.39, 0.29) is 5.97 Å². The van der Waals surface area contributed by atoms with E-state index in [0.717, 1.165) is 19.3 Å². The van der Waals surface area contributed by atoms with Crippen molar-refractivity contribution in [2.45, 2.75) is 31.5 Å². The van der Waals surface area contributed by atoms with Gasteiger partial charge in [-0.3, -0.25) is 4.79 Å². The Balaban J connectivity index is 2.44. The van der Waals surface area contributed by atoms with Gasteiger partial charge in [0.2, 0.25) is 0 Å². The molecule has 1 saturated carbocycles. The molecular formula is C10H18O4. The minimum atomic E-state index is -0.474. The van der Waals surface area contributed by atoms with Crippen LogP contribution in [0.25, 0.3) is 0 Å². The molecule has 1 aliphatic carbocycles. The molecule has 0 aromatic heterocycles. The lowest BCUT2D eigenvalue weighted by Gasteiger charge is -2.25. The van der Waals surface area contributed by atoms with Crippen LogP contribution in [0, 0.1) is 5.92 Å². The average Bonchev–Trinajstić information content (AvgIpc) is 2.62. The van der Waals surface area contributed by atoms with Gasteiger partial charge in [0.1, 0.15) is 0 Å². The topological polar surface area (TPSA) is 44.8 Å². The van der Waals surface area contributed by atoms with Crippen LogP contribution in [-0.2, 0) is 19.0 Å². The van der Waals surface area contributed by atoms with Crippen molar-refractivity contribution >= 4 is 5.97 Å². The number of rotatable bonds is 4. The number of ether oxygens (including phenoxy) is 3. The Kier molecular flexibility index (Phi) is 3.89. The molecule has 0 aliphatic heterocycles. The van der Waals surface area contributed by atoms with Gasteiger partial charge < -0.3 is 14.2 Å². The highest BCUT2D eigenvalue weighted by Crippen LogP contribution is 2.39. The minimum Gasteiger partial charge on any atom is -0.469 e. The number of methoxy groups -OCH3 is 3. The Hall–Kier alpha value is -0.610. The van der Waals surface area contributed by atoms with Gasteiger partial charge in [-0.25, -0.2) is 0 Å². The van der Waals surface area contributed by atoms with Gasteiger partial charge in [-0.15, -0.1) is 0 Å². The molecule has 0 saturated heterocycles. The van der Waals surface area contributed by atoms with Crippen molar-refractivity contribution in [3.63, 3.8) is 0 Å². The summed E-state index contributed by atoms with van der Waals surface area (Å²) in [6.45, 7) is 0. The molecule has 4 heteroatoms. The molecule has 0 aromatic rings. The smallest absolute Gasteiger partial charge is 0.305 e. The number of hydrogen-bond acceptors (Lipinski definition) is 4. The fraction of sp³-hybridized carbons (Fsp3) is 0.900. The van der Waals surface area contributed by atoms with Crippen LogP contribution < -0.4 is 0 Å². The summed E-state index contributed by atoms with van der Waals surface area (Å²) in [6, 6.07) is 0. The van der Waals surface area contributed by atoms with Crippen LogP contribution in [0.15, 0.2) is 0 Å². The van der Waals surface area contributed by atoms with Crippen molar-refractivity contribution in [2.75, 3.05) is 21.3 Å². The second kappa shape index (κ2) is 4.75. The number of hydrogen-bond donors (Lipinski definition) is 0. The van der Waals surface area contributed by atoms with Crippen LogP contribution in [0.2, 0.25) is 0 Å². The van der Waals surface area contributed by atoms with Crippen molar-refractivity contribution < 1.29 is 19.0 Å². The van der Waals surface area contributed by atoms with E-state index < -0.39 is 5.79 Å². The fourth-order valence-electron chi connectivity index (χ4n) is 2.02. The first kappa shape index (κ1) is 11.5. The third-order valence-electron chi connectivity index (χ3n) is 2.96. The third-order valence-corrected chi connectivity index (χ3v) is 2.96. The molecule has 82 valence electrons. The maximum atomic E-state index is 11.1. The SMILES string of the molecule is COC(=O)CC1CCC(OC)(OC)C1. The monoisotopic (exact) mass is 202 g/mol. The molecular weight excluding hydrogens is 184 g/mol. The van der Waals surface area contributed by atoms with Gasteiger partial charge in [0.25, 0.3) is 0 Å². The average molecular weight is 202 g/mol. The van der Waals surface area contributed by atoms with E-state index in [9.17, 15) is 4.79 Å². The lowest BCUT2D eigenvalue weighted by atomic mass is 10.0. The number of carbonyl (C=O) groups excluding carboxylic acids is 1. The first-order valence-electron chi connectivity index (χ1n) is 4.83. The highest BCUT2D eigenvalue weighted by Gasteiger charge is 2.40. The summed E-state index contributed by atoms with van der Waals surface area (Å²) in [7, 11) is 4.70. The van der Waals surface area contributed by atoms with Gasteiger partial charge in [0, 0.05) is 33.5 Å². The van der Waals surface area contributed by atoms with E-state index in [1.54, 1.807) is 14.2 Å². The van der Waals surface area contributed by atoms with Gasteiger partial charge in [-0.05, 0) is 12.3 Å². The van der Waals surface area contributed by atoms with Crippen LogP contribution >= 0.6 is 0 Å². The highest BCUT2D eigenvalue weighted by atomic mass is 16.7. The van der Waals surface area contributed by atoms with Gasteiger partial charge in [-0.2, -0.15) is 0 Å². The van der Waals surface area contributed by atoms with Crippen LogP contribution in [0.4, 0.5) is 0 Å². The maximum absolute atomic E-state index is 11.1. The molecule has 4 nitrogen and oxygen atoms in total. The second-order valence-electron chi connectivity index (χ2n) is 3.71. The third kappa shape index (κ3) is 2.45. The van der Waals surface area contributed by atoms with E-state index in [1.165, 1.54) is 7.11 Å². The van der Waals surface area contributed by atoms with Crippen LogP contribution in [-0.4, -0.2) is 33.1 Å². The molecule has 1 rings (SSSR count). The molecule has 1 aliphatic rings. The predicted octanol–water partition coefficient (Wildman–Crippen LogP) is 1.34.